The Balaban J connectivity index is 2.01. The van der Waals surface area contributed by atoms with Gasteiger partial charge in [0.05, 0.1) is 9.52 Å². The third kappa shape index (κ3) is 3.31. The number of hydrogen-bond donors (Lipinski definition) is 1. The lowest BCUT2D eigenvalue weighted by Crippen LogP contribution is -2.18. The summed E-state index contributed by atoms with van der Waals surface area (Å²) in [5, 5.41) is 11.4. The summed E-state index contributed by atoms with van der Waals surface area (Å²) in [7, 11) is -0.202. The molecule has 2 aromatic carbocycles. The minimum absolute atomic E-state index is 0.202. The van der Waals surface area contributed by atoms with Gasteiger partial charge in [-0.25, -0.2) is 0 Å². The van der Waals surface area contributed by atoms with E-state index in [2.05, 4.69) is 44.2 Å². The van der Waals surface area contributed by atoms with Crippen LogP contribution in [0.25, 0.3) is 0 Å². The van der Waals surface area contributed by atoms with Crippen LogP contribution in [0.4, 0.5) is 0 Å². The van der Waals surface area contributed by atoms with E-state index >= 15 is 0 Å². The number of aromatic hydroxyl groups is 1. The highest BCUT2D eigenvalue weighted by molar-refractivity contribution is 6.54. The van der Waals surface area contributed by atoms with Crippen LogP contribution in [0.15, 0.2) is 30.3 Å². The topological polar surface area (TPSA) is 20.2 Å². The lowest BCUT2D eigenvalue weighted by atomic mass is 10.0. The number of phenolic OH excluding ortho intramolecular Hbond substituents is 1. The largest absolute Gasteiger partial charge is 0.507 e. The third-order valence-electron chi connectivity index (χ3n) is 4.18. The number of aryl methyl sites for hydroxylation is 4. The third-order valence-corrected chi connectivity index (χ3v) is 6.19. The molecule has 0 atom stereocenters. The summed E-state index contributed by atoms with van der Waals surface area (Å²) in [6, 6.07) is 12.2. The van der Waals surface area contributed by atoms with Crippen molar-refractivity contribution >= 4 is 14.7 Å². The van der Waals surface area contributed by atoms with Gasteiger partial charge in [0, 0.05) is 0 Å². The van der Waals surface area contributed by atoms with Crippen molar-refractivity contribution in [1.29, 1.82) is 0 Å². The summed E-state index contributed by atoms with van der Waals surface area (Å²) >= 11 is 0. The molecule has 0 aliphatic carbocycles. The molecule has 0 saturated carbocycles. The predicted molar refractivity (Wildman–Crippen MR) is 90.2 cm³/mol. The summed E-state index contributed by atoms with van der Waals surface area (Å²) in [5.74, 6) is 0.445. The van der Waals surface area contributed by atoms with Crippen molar-refractivity contribution < 1.29 is 5.11 Å². The molecular formula is C18H24OSi. The van der Waals surface area contributed by atoms with Crippen LogP contribution in [0.5, 0.6) is 5.75 Å². The highest BCUT2D eigenvalue weighted by Crippen LogP contribution is 2.23. The molecular weight excluding hydrogens is 260 g/mol. The fraction of sp³-hybridized carbons (Fsp3) is 0.333. The highest BCUT2D eigenvalue weighted by atomic mass is 28.2. The van der Waals surface area contributed by atoms with Gasteiger partial charge in [-0.1, -0.05) is 41.6 Å². The predicted octanol–water partition coefficient (Wildman–Crippen LogP) is 3.08. The second-order valence-electron chi connectivity index (χ2n) is 5.79. The molecule has 0 spiro atoms. The molecule has 0 heterocycles. The molecule has 106 valence electrons. The maximum Gasteiger partial charge on any atom is 0.121 e. The first-order valence-corrected chi connectivity index (χ1v) is 9.04. The fourth-order valence-corrected chi connectivity index (χ4v) is 4.68. The van der Waals surface area contributed by atoms with E-state index in [1.54, 1.807) is 5.19 Å². The number of benzene rings is 2. The molecule has 1 N–H and O–H groups in total. The van der Waals surface area contributed by atoms with Crippen molar-refractivity contribution in [2.45, 2.75) is 40.2 Å². The van der Waals surface area contributed by atoms with Gasteiger partial charge in [-0.2, -0.15) is 0 Å². The molecule has 0 bridgehead atoms. The van der Waals surface area contributed by atoms with Crippen molar-refractivity contribution in [1.82, 2.24) is 0 Å². The number of rotatable bonds is 4. The van der Waals surface area contributed by atoms with E-state index in [0.717, 1.165) is 17.5 Å². The quantitative estimate of drug-likeness (QED) is 0.856. The maximum atomic E-state index is 9.81. The highest BCUT2D eigenvalue weighted by Gasteiger charge is 2.05. The standard InChI is InChI=1S/C18H24OSi/c1-12-6-5-7-17(15(12)4)20-9-8-16-10-13(2)18(19)14(3)11-16/h5-7,10-11,19H,8-9,20H2,1-4H3. The molecule has 0 aliphatic rings. The molecule has 0 amide bonds. The Morgan fingerprint density at radius 2 is 1.60 bits per heavy atom. The second kappa shape index (κ2) is 6.27. The van der Waals surface area contributed by atoms with Crippen LogP contribution in [-0.4, -0.2) is 14.6 Å². The molecule has 0 aliphatic heterocycles. The Morgan fingerprint density at radius 3 is 2.25 bits per heavy atom. The zero-order valence-electron chi connectivity index (χ0n) is 13.0. The molecule has 20 heavy (non-hydrogen) atoms. The molecule has 2 aromatic rings. The van der Waals surface area contributed by atoms with Crippen LogP contribution in [0.3, 0.4) is 0 Å². The first-order valence-electron chi connectivity index (χ1n) is 7.33. The normalized spacial score (nSPS) is 11.4. The first kappa shape index (κ1) is 14.9. The van der Waals surface area contributed by atoms with E-state index in [-0.39, 0.29) is 9.52 Å². The second-order valence-corrected chi connectivity index (χ2v) is 7.76. The average molecular weight is 284 g/mol. The van der Waals surface area contributed by atoms with Crippen LogP contribution >= 0.6 is 0 Å². The molecule has 2 heteroatoms. The summed E-state index contributed by atoms with van der Waals surface area (Å²) in [5.41, 5.74) is 6.24. The van der Waals surface area contributed by atoms with Gasteiger partial charge in [0.25, 0.3) is 0 Å². The van der Waals surface area contributed by atoms with E-state index in [9.17, 15) is 5.11 Å². The molecule has 0 saturated heterocycles. The van der Waals surface area contributed by atoms with Crippen LogP contribution in [-0.2, 0) is 6.42 Å². The Bertz CT molecular complexity index is 594. The molecule has 1 nitrogen and oxygen atoms in total. The molecule has 0 unspecified atom stereocenters. The Kier molecular flexibility index (Phi) is 4.66. The fourth-order valence-electron chi connectivity index (χ4n) is 2.76. The van der Waals surface area contributed by atoms with Crippen LogP contribution in [0.1, 0.15) is 27.8 Å². The summed E-state index contributed by atoms with van der Waals surface area (Å²) in [6.07, 6.45) is 1.13. The minimum atomic E-state index is -0.202. The number of phenols is 1. The van der Waals surface area contributed by atoms with E-state index in [0.29, 0.717) is 5.75 Å². The van der Waals surface area contributed by atoms with E-state index in [4.69, 9.17) is 0 Å². The van der Waals surface area contributed by atoms with Crippen molar-refractivity contribution in [3.05, 3.63) is 58.1 Å². The van der Waals surface area contributed by atoms with Gasteiger partial charge in [0.1, 0.15) is 5.75 Å². The number of hydrogen-bond acceptors (Lipinski definition) is 1. The zero-order valence-corrected chi connectivity index (χ0v) is 14.4. The van der Waals surface area contributed by atoms with Gasteiger partial charge in [0.2, 0.25) is 0 Å². The van der Waals surface area contributed by atoms with Crippen molar-refractivity contribution in [3.63, 3.8) is 0 Å². The van der Waals surface area contributed by atoms with Crippen molar-refractivity contribution in [2.24, 2.45) is 0 Å². The van der Waals surface area contributed by atoms with Crippen LogP contribution in [0.2, 0.25) is 6.04 Å². The molecule has 2 rings (SSSR count). The van der Waals surface area contributed by atoms with Gasteiger partial charge >= 0.3 is 0 Å². The first-order chi connectivity index (χ1) is 9.49. The van der Waals surface area contributed by atoms with Gasteiger partial charge in [-0.3, -0.25) is 0 Å². The van der Waals surface area contributed by atoms with Gasteiger partial charge in [0.15, 0.2) is 0 Å². The van der Waals surface area contributed by atoms with E-state index in [1.165, 1.54) is 22.7 Å². The van der Waals surface area contributed by atoms with E-state index < -0.39 is 0 Å². The Labute approximate surface area is 124 Å². The lowest BCUT2D eigenvalue weighted by Gasteiger charge is -2.10. The summed E-state index contributed by atoms with van der Waals surface area (Å²) < 4.78 is 0. The summed E-state index contributed by atoms with van der Waals surface area (Å²) in [6.45, 7) is 8.40. The van der Waals surface area contributed by atoms with Gasteiger partial charge in [-0.05, 0) is 61.9 Å². The molecule has 0 fully saturated rings. The van der Waals surface area contributed by atoms with Crippen molar-refractivity contribution in [3.8, 4) is 5.75 Å². The monoisotopic (exact) mass is 284 g/mol. The smallest absolute Gasteiger partial charge is 0.121 e. The van der Waals surface area contributed by atoms with Crippen molar-refractivity contribution in [2.75, 3.05) is 0 Å². The lowest BCUT2D eigenvalue weighted by molar-refractivity contribution is 0.466. The minimum Gasteiger partial charge on any atom is -0.507 e. The Hall–Kier alpha value is -1.54. The van der Waals surface area contributed by atoms with Crippen LogP contribution < -0.4 is 5.19 Å². The summed E-state index contributed by atoms with van der Waals surface area (Å²) in [4.78, 5) is 0. The molecule has 0 radical (unpaired) electrons. The maximum absolute atomic E-state index is 9.81. The zero-order chi connectivity index (χ0) is 14.7. The average Bonchev–Trinajstić information content (AvgIpc) is 2.41. The molecule has 0 aromatic heterocycles. The van der Waals surface area contributed by atoms with E-state index in [1.807, 2.05) is 13.8 Å². The van der Waals surface area contributed by atoms with Crippen LogP contribution in [0, 0.1) is 27.7 Å². The van der Waals surface area contributed by atoms with Gasteiger partial charge in [-0.15, -0.1) is 0 Å². The SMILES string of the molecule is Cc1cccc([SiH2]CCc2cc(C)c(O)c(C)c2)c1C. The van der Waals surface area contributed by atoms with Gasteiger partial charge < -0.3 is 5.11 Å². The Morgan fingerprint density at radius 1 is 0.950 bits per heavy atom.